The Morgan fingerprint density at radius 1 is 1.12 bits per heavy atom. The summed E-state index contributed by atoms with van der Waals surface area (Å²) in [5.74, 6) is 1.60. The SMILES string of the molecule is COc1cncc(OC2CCN(C(=O)c3cccc(OC)c3OC)C2)n1. The summed E-state index contributed by atoms with van der Waals surface area (Å²) in [5, 5.41) is 0. The molecular formula is C18H21N3O5. The highest BCUT2D eigenvalue weighted by molar-refractivity contribution is 5.98. The van der Waals surface area contributed by atoms with Gasteiger partial charge in [0, 0.05) is 13.0 Å². The van der Waals surface area contributed by atoms with Crippen LogP contribution < -0.4 is 18.9 Å². The largest absolute Gasteiger partial charge is 0.493 e. The van der Waals surface area contributed by atoms with Crippen molar-refractivity contribution in [3.8, 4) is 23.3 Å². The van der Waals surface area contributed by atoms with Gasteiger partial charge >= 0.3 is 0 Å². The van der Waals surface area contributed by atoms with Crippen molar-refractivity contribution in [3.05, 3.63) is 36.2 Å². The van der Waals surface area contributed by atoms with Gasteiger partial charge < -0.3 is 23.8 Å². The number of aromatic nitrogens is 2. The Bertz CT molecular complexity index is 783. The van der Waals surface area contributed by atoms with Gasteiger partial charge in [0.1, 0.15) is 6.10 Å². The summed E-state index contributed by atoms with van der Waals surface area (Å²) < 4.78 is 21.5. The first kappa shape index (κ1) is 17.8. The van der Waals surface area contributed by atoms with Crippen LogP contribution in [0, 0.1) is 0 Å². The van der Waals surface area contributed by atoms with Crippen molar-refractivity contribution in [1.82, 2.24) is 14.9 Å². The molecule has 26 heavy (non-hydrogen) atoms. The van der Waals surface area contributed by atoms with Gasteiger partial charge in [0.15, 0.2) is 11.5 Å². The minimum atomic E-state index is -0.156. The number of nitrogens with zero attached hydrogens (tertiary/aromatic N) is 3. The number of hydrogen-bond acceptors (Lipinski definition) is 7. The third-order valence-electron chi connectivity index (χ3n) is 4.15. The fourth-order valence-electron chi connectivity index (χ4n) is 2.89. The Balaban J connectivity index is 1.69. The molecule has 1 saturated heterocycles. The van der Waals surface area contributed by atoms with Gasteiger partial charge in [-0.25, -0.2) is 0 Å². The summed E-state index contributed by atoms with van der Waals surface area (Å²) in [6, 6.07) is 5.25. The molecule has 2 aromatic rings. The molecule has 8 heteroatoms. The van der Waals surface area contributed by atoms with Crippen molar-refractivity contribution in [2.75, 3.05) is 34.4 Å². The second kappa shape index (κ2) is 7.90. The van der Waals surface area contributed by atoms with Crippen LogP contribution in [-0.2, 0) is 0 Å². The Hall–Kier alpha value is -3.03. The third-order valence-corrected chi connectivity index (χ3v) is 4.15. The molecule has 1 aromatic carbocycles. The minimum absolute atomic E-state index is 0.122. The summed E-state index contributed by atoms with van der Waals surface area (Å²) in [6.07, 6.45) is 3.58. The molecular weight excluding hydrogens is 338 g/mol. The average molecular weight is 359 g/mol. The van der Waals surface area contributed by atoms with Crippen LogP contribution >= 0.6 is 0 Å². The van der Waals surface area contributed by atoms with Gasteiger partial charge in [0.2, 0.25) is 11.8 Å². The Kier molecular flexibility index (Phi) is 5.40. The van der Waals surface area contributed by atoms with Crippen molar-refractivity contribution in [3.63, 3.8) is 0 Å². The highest BCUT2D eigenvalue weighted by atomic mass is 16.5. The van der Waals surface area contributed by atoms with Crippen molar-refractivity contribution in [1.29, 1.82) is 0 Å². The smallest absolute Gasteiger partial charge is 0.257 e. The number of methoxy groups -OCH3 is 3. The second-order valence-electron chi connectivity index (χ2n) is 5.72. The first-order valence-corrected chi connectivity index (χ1v) is 8.19. The lowest BCUT2D eigenvalue weighted by Crippen LogP contribution is -2.31. The van der Waals surface area contributed by atoms with E-state index in [1.54, 1.807) is 30.2 Å². The van der Waals surface area contributed by atoms with Gasteiger partial charge in [-0.3, -0.25) is 9.78 Å². The van der Waals surface area contributed by atoms with Crippen LogP contribution in [0.25, 0.3) is 0 Å². The fraction of sp³-hybridized carbons (Fsp3) is 0.389. The topological polar surface area (TPSA) is 83.0 Å². The molecule has 1 aromatic heterocycles. The number of amides is 1. The zero-order chi connectivity index (χ0) is 18.5. The van der Waals surface area contributed by atoms with Crippen LogP contribution in [0.2, 0.25) is 0 Å². The van der Waals surface area contributed by atoms with E-state index in [1.165, 1.54) is 26.6 Å². The number of hydrogen-bond donors (Lipinski definition) is 0. The van der Waals surface area contributed by atoms with Crippen molar-refractivity contribution < 1.29 is 23.7 Å². The number of benzene rings is 1. The molecule has 1 aliphatic rings. The van der Waals surface area contributed by atoms with Gasteiger partial charge in [-0.15, -0.1) is 0 Å². The normalized spacial score (nSPS) is 16.3. The molecule has 1 fully saturated rings. The predicted octanol–water partition coefficient (Wildman–Crippen LogP) is 1.80. The van der Waals surface area contributed by atoms with E-state index in [4.69, 9.17) is 18.9 Å². The Labute approximate surface area is 151 Å². The maximum atomic E-state index is 12.9. The summed E-state index contributed by atoms with van der Waals surface area (Å²) in [7, 11) is 4.58. The quantitative estimate of drug-likeness (QED) is 0.777. The van der Waals surface area contributed by atoms with E-state index in [9.17, 15) is 4.79 Å². The first-order chi connectivity index (χ1) is 12.7. The number of likely N-dealkylation sites (tertiary alicyclic amines) is 1. The number of carbonyl (C=O) groups is 1. The van der Waals surface area contributed by atoms with E-state index >= 15 is 0 Å². The lowest BCUT2D eigenvalue weighted by Gasteiger charge is -2.19. The number of rotatable bonds is 6. The molecule has 8 nitrogen and oxygen atoms in total. The molecule has 1 atom stereocenters. The number of para-hydroxylation sites is 1. The van der Waals surface area contributed by atoms with Crippen LogP contribution in [0.3, 0.4) is 0 Å². The standard InChI is InChI=1S/C18H21N3O5/c1-23-14-6-4-5-13(17(14)25-3)18(22)21-8-7-12(11-21)26-16-10-19-9-15(20-16)24-2/h4-6,9-10,12H,7-8,11H2,1-3H3. The third kappa shape index (κ3) is 3.63. The lowest BCUT2D eigenvalue weighted by molar-refractivity contribution is 0.0767. The van der Waals surface area contributed by atoms with Crippen molar-refractivity contribution >= 4 is 5.91 Å². The van der Waals surface area contributed by atoms with Crippen LogP contribution in [0.15, 0.2) is 30.6 Å². The van der Waals surface area contributed by atoms with Gasteiger partial charge in [0.05, 0.1) is 45.8 Å². The van der Waals surface area contributed by atoms with E-state index in [0.717, 1.165) is 0 Å². The minimum Gasteiger partial charge on any atom is -0.493 e. The molecule has 3 rings (SSSR count). The maximum absolute atomic E-state index is 12.9. The van der Waals surface area contributed by atoms with Crippen LogP contribution in [0.5, 0.6) is 23.3 Å². The van der Waals surface area contributed by atoms with Crippen LogP contribution in [-0.4, -0.2) is 61.3 Å². The summed E-state index contributed by atoms with van der Waals surface area (Å²) in [6.45, 7) is 1.04. The summed E-state index contributed by atoms with van der Waals surface area (Å²) >= 11 is 0. The van der Waals surface area contributed by atoms with Gasteiger partial charge in [-0.1, -0.05) is 6.07 Å². The van der Waals surface area contributed by atoms with Gasteiger partial charge in [-0.05, 0) is 12.1 Å². The van der Waals surface area contributed by atoms with Crippen LogP contribution in [0.4, 0.5) is 0 Å². The number of ether oxygens (including phenoxy) is 4. The molecule has 0 saturated carbocycles. The Morgan fingerprint density at radius 2 is 1.92 bits per heavy atom. The van der Waals surface area contributed by atoms with E-state index < -0.39 is 0 Å². The van der Waals surface area contributed by atoms with Gasteiger partial charge in [0.25, 0.3) is 5.91 Å². The highest BCUT2D eigenvalue weighted by Gasteiger charge is 2.30. The molecule has 0 bridgehead atoms. The predicted molar refractivity (Wildman–Crippen MR) is 93.1 cm³/mol. The molecule has 0 radical (unpaired) electrons. The number of carbonyl (C=O) groups excluding carboxylic acids is 1. The molecule has 138 valence electrons. The zero-order valence-electron chi connectivity index (χ0n) is 15.0. The molecule has 1 unspecified atom stereocenters. The van der Waals surface area contributed by atoms with E-state index in [1.807, 2.05) is 0 Å². The van der Waals surface area contributed by atoms with Crippen LogP contribution in [0.1, 0.15) is 16.8 Å². The molecule has 0 aliphatic carbocycles. The molecule has 0 N–H and O–H groups in total. The lowest BCUT2D eigenvalue weighted by atomic mass is 10.1. The van der Waals surface area contributed by atoms with E-state index in [0.29, 0.717) is 48.3 Å². The van der Waals surface area contributed by atoms with Crippen molar-refractivity contribution in [2.24, 2.45) is 0 Å². The molecule has 0 spiro atoms. The average Bonchev–Trinajstić information content (AvgIpc) is 3.15. The maximum Gasteiger partial charge on any atom is 0.257 e. The first-order valence-electron chi connectivity index (χ1n) is 8.19. The second-order valence-corrected chi connectivity index (χ2v) is 5.72. The molecule has 2 heterocycles. The molecule has 1 amide bonds. The fourth-order valence-corrected chi connectivity index (χ4v) is 2.89. The monoisotopic (exact) mass is 359 g/mol. The Morgan fingerprint density at radius 3 is 2.65 bits per heavy atom. The van der Waals surface area contributed by atoms with Crippen molar-refractivity contribution in [2.45, 2.75) is 12.5 Å². The highest BCUT2D eigenvalue weighted by Crippen LogP contribution is 2.32. The van der Waals surface area contributed by atoms with E-state index in [-0.39, 0.29) is 12.0 Å². The van der Waals surface area contributed by atoms with Gasteiger partial charge in [-0.2, -0.15) is 4.98 Å². The van der Waals surface area contributed by atoms with E-state index in [2.05, 4.69) is 9.97 Å². The zero-order valence-corrected chi connectivity index (χ0v) is 15.0. The molecule has 1 aliphatic heterocycles. The summed E-state index contributed by atoms with van der Waals surface area (Å²) in [4.78, 5) is 22.8. The summed E-state index contributed by atoms with van der Waals surface area (Å²) in [5.41, 5.74) is 0.466.